The van der Waals surface area contributed by atoms with Crippen LogP contribution >= 0.6 is 0 Å². The van der Waals surface area contributed by atoms with Gasteiger partial charge in [-0.3, -0.25) is 0 Å². The van der Waals surface area contributed by atoms with Crippen LogP contribution in [0.5, 0.6) is 0 Å². The zero-order chi connectivity index (χ0) is 13.7. The van der Waals surface area contributed by atoms with Gasteiger partial charge in [-0.05, 0) is 18.1 Å². The minimum atomic E-state index is -0.354. The molecule has 1 aliphatic rings. The first-order valence-corrected chi connectivity index (χ1v) is 6.28. The summed E-state index contributed by atoms with van der Waals surface area (Å²) in [7, 11) is 0. The molecule has 1 heterocycles. The molecule has 0 saturated carbocycles. The molecule has 0 radical (unpaired) electrons. The van der Waals surface area contributed by atoms with E-state index in [2.05, 4.69) is 10.6 Å². The number of ether oxygens (including phenoxy) is 1. The molecule has 19 heavy (non-hydrogen) atoms. The van der Waals surface area contributed by atoms with E-state index >= 15 is 0 Å². The predicted octanol–water partition coefficient (Wildman–Crippen LogP) is 0.872. The topological polar surface area (TPSA) is 76.4 Å². The summed E-state index contributed by atoms with van der Waals surface area (Å²) in [6.07, 6.45) is 0.812. The first-order chi connectivity index (χ1) is 9.19. The average molecular weight is 267 g/mol. The monoisotopic (exact) mass is 267 g/mol. The van der Waals surface area contributed by atoms with Gasteiger partial charge >= 0.3 is 6.03 Å². The van der Waals surface area contributed by atoms with Crippen molar-refractivity contribution < 1.29 is 13.9 Å². The Bertz CT molecular complexity index is 448. The molecule has 4 N–H and O–H groups in total. The molecule has 1 unspecified atom stereocenters. The molecule has 2 rings (SSSR count). The summed E-state index contributed by atoms with van der Waals surface area (Å²) in [6, 6.07) is 4.52. The van der Waals surface area contributed by atoms with Crippen molar-refractivity contribution in [1.82, 2.24) is 10.6 Å². The van der Waals surface area contributed by atoms with Crippen LogP contribution in [-0.2, 0) is 17.8 Å². The molecule has 0 bridgehead atoms. The van der Waals surface area contributed by atoms with Crippen LogP contribution in [0, 0.1) is 5.82 Å². The molecular formula is C13H18FN3O2. The predicted molar refractivity (Wildman–Crippen MR) is 68.9 cm³/mol. The highest BCUT2D eigenvalue weighted by molar-refractivity contribution is 5.74. The van der Waals surface area contributed by atoms with Crippen LogP contribution in [0.25, 0.3) is 0 Å². The minimum absolute atomic E-state index is 0.0458. The zero-order valence-electron chi connectivity index (χ0n) is 10.6. The maximum absolute atomic E-state index is 13.6. The van der Waals surface area contributed by atoms with Crippen molar-refractivity contribution in [1.29, 1.82) is 0 Å². The fourth-order valence-corrected chi connectivity index (χ4v) is 1.92. The normalized spacial score (nSPS) is 18.3. The summed E-state index contributed by atoms with van der Waals surface area (Å²) in [5.41, 5.74) is 6.59. The maximum atomic E-state index is 13.6. The SMILES string of the molecule is NCc1ccc(CNC(=O)NC2CCOC2)c(F)c1. The van der Waals surface area contributed by atoms with Crippen LogP contribution in [0.15, 0.2) is 18.2 Å². The molecule has 1 aliphatic heterocycles. The number of hydrogen-bond acceptors (Lipinski definition) is 3. The molecule has 2 amide bonds. The number of amides is 2. The lowest BCUT2D eigenvalue weighted by molar-refractivity contribution is 0.188. The summed E-state index contributed by atoms with van der Waals surface area (Å²) in [4.78, 5) is 11.6. The Morgan fingerprint density at radius 3 is 3.00 bits per heavy atom. The summed E-state index contributed by atoms with van der Waals surface area (Å²) >= 11 is 0. The van der Waals surface area contributed by atoms with Gasteiger partial charge in [0.05, 0.1) is 12.6 Å². The molecule has 6 heteroatoms. The van der Waals surface area contributed by atoms with Crippen molar-refractivity contribution in [2.24, 2.45) is 5.73 Å². The highest BCUT2D eigenvalue weighted by Gasteiger charge is 2.17. The third-order valence-electron chi connectivity index (χ3n) is 3.06. The lowest BCUT2D eigenvalue weighted by atomic mass is 10.1. The highest BCUT2D eigenvalue weighted by Crippen LogP contribution is 2.10. The second kappa shape index (κ2) is 6.49. The van der Waals surface area contributed by atoms with Gasteiger partial charge in [0, 0.05) is 25.3 Å². The quantitative estimate of drug-likeness (QED) is 0.757. The number of halogens is 1. The van der Waals surface area contributed by atoms with Gasteiger partial charge < -0.3 is 21.1 Å². The highest BCUT2D eigenvalue weighted by atomic mass is 19.1. The van der Waals surface area contributed by atoms with Crippen LogP contribution in [-0.4, -0.2) is 25.3 Å². The van der Waals surface area contributed by atoms with Crippen molar-refractivity contribution in [3.05, 3.63) is 35.1 Å². The fraction of sp³-hybridized carbons (Fsp3) is 0.462. The number of benzene rings is 1. The summed E-state index contributed by atoms with van der Waals surface area (Å²) in [5.74, 6) is -0.354. The first kappa shape index (κ1) is 13.8. The first-order valence-electron chi connectivity index (χ1n) is 6.28. The third-order valence-corrected chi connectivity index (χ3v) is 3.06. The molecule has 104 valence electrons. The Balaban J connectivity index is 1.82. The van der Waals surface area contributed by atoms with Crippen LogP contribution < -0.4 is 16.4 Å². The Morgan fingerprint density at radius 2 is 2.37 bits per heavy atom. The van der Waals surface area contributed by atoms with Gasteiger partial charge in [0.2, 0.25) is 0 Å². The molecule has 0 aromatic heterocycles. The van der Waals surface area contributed by atoms with Crippen LogP contribution in [0.1, 0.15) is 17.5 Å². The Hall–Kier alpha value is -1.66. The van der Waals surface area contributed by atoms with E-state index in [9.17, 15) is 9.18 Å². The minimum Gasteiger partial charge on any atom is -0.379 e. The number of nitrogens with two attached hydrogens (primary N) is 1. The van der Waals surface area contributed by atoms with E-state index in [1.807, 2.05) is 0 Å². The third kappa shape index (κ3) is 3.90. The van der Waals surface area contributed by atoms with Gasteiger partial charge in [-0.15, -0.1) is 0 Å². The smallest absolute Gasteiger partial charge is 0.315 e. The molecule has 1 aromatic rings. The standard InChI is InChI=1S/C13H18FN3O2/c14-12-5-9(6-15)1-2-10(12)7-16-13(18)17-11-3-4-19-8-11/h1-2,5,11H,3-4,6-8,15H2,(H2,16,17,18). The van der Waals surface area contributed by atoms with Gasteiger partial charge in [0.1, 0.15) is 5.82 Å². The largest absolute Gasteiger partial charge is 0.379 e. The van der Waals surface area contributed by atoms with Crippen molar-refractivity contribution in [2.45, 2.75) is 25.6 Å². The fourth-order valence-electron chi connectivity index (χ4n) is 1.92. The van der Waals surface area contributed by atoms with Gasteiger partial charge in [-0.2, -0.15) is 0 Å². The van der Waals surface area contributed by atoms with E-state index in [0.717, 1.165) is 12.0 Å². The van der Waals surface area contributed by atoms with Crippen LogP contribution in [0.2, 0.25) is 0 Å². The lowest BCUT2D eigenvalue weighted by Gasteiger charge is -2.12. The molecule has 1 atom stereocenters. The average Bonchev–Trinajstić information content (AvgIpc) is 2.90. The zero-order valence-corrected chi connectivity index (χ0v) is 10.6. The van der Waals surface area contributed by atoms with E-state index < -0.39 is 0 Å². The lowest BCUT2D eigenvalue weighted by Crippen LogP contribution is -2.42. The number of carbonyl (C=O) groups is 1. The van der Waals surface area contributed by atoms with E-state index in [1.54, 1.807) is 12.1 Å². The second-order valence-electron chi connectivity index (χ2n) is 4.52. The van der Waals surface area contributed by atoms with Gasteiger partial charge in [-0.25, -0.2) is 9.18 Å². The molecule has 1 saturated heterocycles. The Morgan fingerprint density at radius 1 is 1.53 bits per heavy atom. The van der Waals surface area contributed by atoms with E-state index in [4.69, 9.17) is 10.5 Å². The van der Waals surface area contributed by atoms with Crippen LogP contribution in [0.4, 0.5) is 9.18 Å². The number of urea groups is 1. The number of carbonyl (C=O) groups excluding carboxylic acids is 1. The van der Waals surface area contributed by atoms with E-state index in [1.165, 1.54) is 6.07 Å². The van der Waals surface area contributed by atoms with Crippen molar-refractivity contribution in [3.63, 3.8) is 0 Å². The summed E-state index contributed by atoms with van der Waals surface area (Å²) in [5, 5.41) is 5.40. The van der Waals surface area contributed by atoms with Gasteiger partial charge in [0.25, 0.3) is 0 Å². The molecule has 1 fully saturated rings. The Labute approximate surface area is 111 Å². The second-order valence-corrected chi connectivity index (χ2v) is 4.52. The van der Waals surface area contributed by atoms with E-state index in [0.29, 0.717) is 25.3 Å². The van der Waals surface area contributed by atoms with Crippen molar-refractivity contribution >= 4 is 6.03 Å². The summed E-state index contributed by atoms with van der Waals surface area (Å²) < 4.78 is 18.8. The Kier molecular flexibility index (Phi) is 4.70. The van der Waals surface area contributed by atoms with Crippen LogP contribution in [0.3, 0.4) is 0 Å². The van der Waals surface area contributed by atoms with Gasteiger partial charge in [-0.1, -0.05) is 12.1 Å². The van der Waals surface area contributed by atoms with Crippen molar-refractivity contribution in [2.75, 3.05) is 13.2 Å². The molecule has 5 nitrogen and oxygen atoms in total. The molecule has 1 aromatic carbocycles. The van der Waals surface area contributed by atoms with Crippen molar-refractivity contribution in [3.8, 4) is 0 Å². The molecule has 0 aliphatic carbocycles. The van der Waals surface area contributed by atoms with Gasteiger partial charge in [0.15, 0.2) is 0 Å². The summed E-state index contributed by atoms with van der Waals surface area (Å²) in [6.45, 7) is 1.65. The number of nitrogens with one attached hydrogen (secondary N) is 2. The van der Waals surface area contributed by atoms with E-state index in [-0.39, 0.29) is 24.4 Å². The number of rotatable bonds is 4. The molecular weight excluding hydrogens is 249 g/mol. The number of hydrogen-bond donors (Lipinski definition) is 3. The maximum Gasteiger partial charge on any atom is 0.315 e. The molecule has 0 spiro atoms.